The Morgan fingerprint density at radius 1 is 1.28 bits per heavy atom. The molecular formula is C23H25N5O2S2. The topological polar surface area (TPSA) is 105 Å². The number of benzene rings is 1. The molecule has 0 radical (unpaired) electrons. The van der Waals surface area contributed by atoms with Crippen molar-refractivity contribution in [2.75, 3.05) is 17.3 Å². The summed E-state index contributed by atoms with van der Waals surface area (Å²) < 4.78 is 6.40. The fourth-order valence-corrected chi connectivity index (χ4v) is 5.91. The molecule has 1 atom stereocenters. The Balaban J connectivity index is 1.81. The number of carbonyl (C=O) groups excluding carboxylic acids is 1. The van der Waals surface area contributed by atoms with Crippen molar-refractivity contribution in [3.05, 3.63) is 52.5 Å². The van der Waals surface area contributed by atoms with Gasteiger partial charge in [-0.15, -0.1) is 10.2 Å². The third-order valence-electron chi connectivity index (χ3n) is 5.45. The molecule has 0 fully saturated rings. The Labute approximate surface area is 196 Å². The number of anilines is 1. The van der Waals surface area contributed by atoms with E-state index in [1.165, 1.54) is 11.3 Å². The van der Waals surface area contributed by atoms with Crippen LogP contribution in [0.25, 0.3) is 0 Å². The number of ether oxygens (including phenoxy) is 1. The van der Waals surface area contributed by atoms with Crippen LogP contribution in [0.1, 0.15) is 51.0 Å². The lowest BCUT2D eigenvalue weighted by atomic mass is 9.76. The van der Waals surface area contributed by atoms with Gasteiger partial charge in [0.1, 0.15) is 11.6 Å². The molecule has 7 nitrogen and oxygen atoms in total. The van der Waals surface area contributed by atoms with Crippen molar-refractivity contribution in [2.45, 2.75) is 49.8 Å². The summed E-state index contributed by atoms with van der Waals surface area (Å²) in [5, 5.41) is 19.3. The summed E-state index contributed by atoms with van der Waals surface area (Å²) in [7, 11) is 0. The summed E-state index contributed by atoms with van der Waals surface area (Å²) in [5.41, 5.74) is 9.27. The summed E-state index contributed by atoms with van der Waals surface area (Å²) >= 11 is 3.09. The highest BCUT2D eigenvalue weighted by molar-refractivity contribution is 8.01. The molecule has 0 saturated heterocycles. The molecule has 1 aromatic carbocycles. The number of allylic oxidation sites excluding steroid dienone is 3. The first-order valence-corrected chi connectivity index (χ1v) is 12.5. The number of nitrogens with two attached hydrogens (primary N) is 1. The first-order valence-electron chi connectivity index (χ1n) is 10.7. The van der Waals surface area contributed by atoms with Crippen LogP contribution in [-0.4, -0.2) is 28.3 Å². The zero-order chi connectivity index (χ0) is 22.7. The summed E-state index contributed by atoms with van der Waals surface area (Å²) in [4.78, 5) is 14.9. The molecule has 0 bridgehead atoms. The van der Waals surface area contributed by atoms with Crippen LogP contribution in [0.3, 0.4) is 0 Å². The Bertz CT molecular complexity index is 1110. The zero-order valence-electron chi connectivity index (χ0n) is 18.1. The molecule has 2 heterocycles. The number of nitriles is 1. The molecule has 9 heteroatoms. The summed E-state index contributed by atoms with van der Waals surface area (Å²) in [5.74, 6) is 1.59. The van der Waals surface area contributed by atoms with Crippen molar-refractivity contribution in [3.63, 3.8) is 0 Å². The predicted molar refractivity (Wildman–Crippen MR) is 126 cm³/mol. The van der Waals surface area contributed by atoms with Gasteiger partial charge in [-0.25, -0.2) is 0 Å². The van der Waals surface area contributed by atoms with Gasteiger partial charge in [0, 0.05) is 23.4 Å². The van der Waals surface area contributed by atoms with Crippen LogP contribution in [0.5, 0.6) is 5.75 Å². The van der Waals surface area contributed by atoms with E-state index in [1.54, 1.807) is 16.7 Å². The third-order valence-corrected chi connectivity index (χ3v) is 7.70. The van der Waals surface area contributed by atoms with Crippen molar-refractivity contribution in [1.29, 1.82) is 5.26 Å². The maximum Gasteiger partial charge on any atom is 0.219 e. The maximum atomic E-state index is 13.2. The second kappa shape index (κ2) is 9.76. The highest BCUT2D eigenvalue weighted by atomic mass is 32.2. The second-order valence-electron chi connectivity index (χ2n) is 7.52. The van der Waals surface area contributed by atoms with Crippen molar-refractivity contribution in [3.8, 4) is 11.8 Å². The molecule has 2 aliphatic rings. The lowest BCUT2D eigenvalue weighted by molar-refractivity contribution is -0.116. The van der Waals surface area contributed by atoms with E-state index in [1.807, 2.05) is 31.2 Å². The Morgan fingerprint density at radius 3 is 2.75 bits per heavy atom. The van der Waals surface area contributed by atoms with Gasteiger partial charge in [0.15, 0.2) is 10.1 Å². The monoisotopic (exact) mass is 467 g/mol. The Kier molecular flexibility index (Phi) is 6.82. The van der Waals surface area contributed by atoms with E-state index in [9.17, 15) is 10.1 Å². The van der Waals surface area contributed by atoms with Gasteiger partial charge in [-0.05, 0) is 43.9 Å². The highest BCUT2D eigenvalue weighted by Gasteiger charge is 2.41. The van der Waals surface area contributed by atoms with Gasteiger partial charge in [0.25, 0.3) is 0 Å². The lowest BCUT2D eigenvalue weighted by Crippen LogP contribution is -2.38. The molecule has 4 rings (SSSR count). The van der Waals surface area contributed by atoms with Crippen LogP contribution in [0, 0.1) is 11.3 Å². The molecular weight excluding hydrogens is 442 g/mol. The van der Waals surface area contributed by atoms with E-state index < -0.39 is 5.92 Å². The molecule has 0 spiro atoms. The van der Waals surface area contributed by atoms with E-state index in [0.29, 0.717) is 41.5 Å². The van der Waals surface area contributed by atoms with Gasteiger partial charge in [-0.1, -0.05) is 42.2 Å². The molecule has 1 aliphatic heterocycles. The number of hydrogen-bond acceptors (Lipinski definition) is 9. The number of rotatable bonds is 7. The molecule has 2 N–H and O–H groups in total. The fraction of sp³-hybridized carbons (Fsp3) is 0.391. The molecule has 1 unspecified atom stereocenters. The number of nitrogens with zero attached hydrogens (tertiary/aromatic N) is 4. The number of ketones is 1. The molecule has 32 heavy (non-hydrogen) atoms. The number of aromatic nitrogens is 2. The third kappa shape index (κ3) is 4.12. The van der Waals surface area contributed by atoms with Gasteiger partial charge >= 0.3 is 0 Å². The largest absolute Gasteiger partial charge is 0.494 e. The predicted octanol–water partition coefficient (Wildman–Crippen LogP) is 4.74. The average Bonchev–Trinajstić information content (AvgIpc) is 3.26. The highest BCUT2D eigenvalue weighted by Crippen LogP contribution is 2.47. The molecule has 0 saturated carbocycles. The van der Waals surface area contributed by atoms with Crippen molar-refractivity contribution >= 4 is 34.0 Å². The van der Waals surface area contributed by atoms with Crippen molar-refractivity contribution in [2.24, 2.45) is 5.73 Å². The Hall–Kier alpha value is -2.83. The fourth-order valence-electron chi connectivity index (χ4n) is 4.10. The SMILES string of the molecule is CCCSc1nnc(N2C(N)=C(C#N)C(c3ccc(OCC)cc3)C3=C2CCCC3=O)s1. The van der Waals surface area contributed by atoms with Crippen molar-refractivity contribution < 1.29 is 9.53 Å². The maximum absolute atomic E-state index is 13.2. The van der Waals surface area contributed by atoms with Gasteiger partial charge in [0.2, 0.25) is 5.13 Å². The first-order chi connectivity index (χ1) is 15.6. The quantitative estimate of drug-likeness (QED) is 0.582. The second-order valence-corrected chi connectivity index (χ2v) is 9.82. The van der Waals surface area contributed by atoms with Crippen molar-refractivity contribution in [1.82, 2.24) is 10.2 Å². The number of thioether (sulfide) groups is 1. The van der Waals surface area contributed by atoms with Crippen LogP contribution in [0.2, 0.25) is 0 Å². The molecule has 0 amide bonds. The van der Waals surface area contributed by atoms with Crippen LogP contribution >= 0.6 is 23.1 Å². The number of hydrogen-bond donors (Lipinski definition) is 1. The van der Waals surface area contributed by atoms with Gasteiger partial charge < -0.3 is 10.5 Å². The number of carbonyl (C=O) groups is 1. The minimum atomic E-state index is -0.489. The van der Waals surface area contributed by atoms with E-state index in [0.717, 1.165) is 39.9 Å². The van der Waals surface area contributed by atoms with Crippen LogP contribution in [0.15, 0.2) is 51.3 Å². The van der Waals surface area contributed by atoms with E-state index in [-0.39, 0.29) is 5.78 Å². The van der Waals surface area contributed by atoms with E-state index >= 15 is 0 Å². The molecule has 166 valence electrons. The van der Waals surface area contributed by atoms with Gasteiger partial charge in [0.05, 0.1) is 24.2 Å². The molecule has 1 aliphatic carbocycles. The minimum Gasteiger partial charge on any atom is -0.494 e. The molecule has 1 aromatic heterocycles. The van der Waals surface area contributed by atoms with Crippen LogP contribution in [-0.2, 0) is 4.79 Å². The van der Waals surface area contributed by atoms with Gasteiger partial charge in [-0.2, -0.15) is 5.26 Å². The van der Waals surface area contributed by atoms with Crippen LogP contribution in [0.4, 0.5) is 5.13 Å². The van der Waals surface area contributed by atoms with E-state index in [2.05, 4.69) is 23.2 Å². The number of Topliss-reactive ketones (excluding diaryl/α,β-unsaturated/α-hetero) is 1. The van der Waals surface area contributed by atoms with Gasteiger partial charge in [-0.3, -0.25) is 9.69 Å². The minimum absolute atomic E-state index is 0.0560. The first kappa shape index (κ1) is 22.4. The zero-order valence-corrected chi connectivity index (χ0v) is 19.8. The lowest BCUT2D eigenvalue weighted by Gasteiger charge is -2.38. The normalized spacial score (nSPS) is 18.6. The van der Waals surface area contributed by atoms with Crippen LogP contribution < -0.4 is 15.4 Å². The molecule has 2 aromatic rings. The average molecular weight is 468 g/mol. The Morgan fingerprint density at radius 2 is 2.06 bits per heavy atom. The smallest absolute Gasteiger partial charge is 0.219 e. The summed E-state index contributed by atoms with van der Waals surface area (Å²) in [6.45, 7) is 4.62. The summed E-state index contributed by atoms with van der Waals surface area (Å²) in [6, 6.07) is 9.84. The van der Waals surface area contributed by atoms with E-state index in [4.69, 9.17) is 10.5 Å². The standard InChI is InChI=1S/C23H25N5O2S2/c1-3-12-31-23-27-26-22(32-23)28-17-6-5-7-18(29)20(17)19(16(13-24)21(28)25)14-8-10-15(11-9-14)30-4-2/h8-11,19H,3-7,12,25H2,1-2H3. The summed E-state index contributed by atoms with van der Waals surface area (Å²) in [6.07, 6.45) is 2.95.